The van der Waals surface area contributed by atoms with Gasteiger partial charge in [-0.1, -0.05) is 41.4 Å². The largest absolute Gasteiger partial charge is 0.335 e. The summed E-state index contributed by atoms with van der Waals surface area (Å²) in [7, 11) is 0. The van der Waals surface area contributed by atoms with E-state index in [9.17, 15) is 4.79 Å². The summed E-state index contributed by atoms with van der Waals surface area (Å²) >= 11 is 5.99. The highest BCUT2D eigenvalue weighted by Crippen LogP contribution is 2.15. The second-order valence-corrected chi connectivity index (χ2v) is 5.26. The number of hydrogen-bond acceptors (Lipinski definition) is 1. The first-order valence-corrected chi connectivity index (χ1v) is 7.08. The van der Waals surface area contributed by atoms with Gasteiger partial charge in [0.25, 0.3) is 5.91 Å². The second-order valence-electron chi connectivity index (χ2n) is 4.82. The maximum atomic E-state index is 12.5. The Hall–Kier alpha value is -1.80. The SMILES string of the molecule is CCN(Cc1cccc(Cl)c1)C(=O)c1cccc(C)c1. The molecule has 0 bridgehead atoms. The predicted molar refractivity (Wildman–Crippen MR) is 83.0 cm³/mol. The number of aryl methyl sites for hydroxylation is 1. The van der Waals surface area contributed by atoms with Crippen molar-refractivity contribution < 1.29 is 4.79 Å². The second kappa shape index (κ2) is 6.58. The van der Waals surface area contributed by atoms with Crippen LogP contribution in [0, 0.1) is 6.92 Å². The van der Waals surface area contributed by atoms with Crippen molar-refractivity contribution in [3.05, 3.63) is 70.2 Å². The molecule has 0 heterocycles. The molecule has 2 nitrogen and oxygen atoms in total. The van der Waals surface area contributed by atoms with Crippen LogP contribution >= 0.6 is 11.6 Å². The van der Waals surface area contributed by atoms with E-state index in [1.54, 1.807) is 0 Å². The maximum Gasteiger partial charge on any atom is 0.254 e. The number of hydrogen-bond donors (Lipinski definition) is 0. The number of carbonyl (C=O) groups is 1. The van der Waals surface area contributed by atoms with E-state index in [1.807, 2.05) is 67.3 Å². The zero-order valence-corrected chi connectivity index (χ0v) is 12.5. The molecule has 3 heteroatoms. The van der Waals surface area contributed by atoms with E-state index in [4.69, 9.17) is 11.6 Å². The maximum absolute atomic E-state index is 12.5. The summed E-state index contributed by atoms with van der Waals surface area (Å²) in [5, 5.41) is 0.696. The molecule has 0 N–H and O–H groups in total. The molecule has 0 unspecified atom stereocenters. The Morgan fingerprint density at radius 1 is 1.15 bits per heavy atom. The van der Waals surface area contributed by atoms with Crippen molar-refractivity contribution in [3.63, 3.8) is 0 Å². The molecule has 1 amide bonds. The van der Waals surface area contributed by atoms with Crippen LogP contribution in [0.25, 0.3) is 0 Å². The third kappa shape index (κ3) is 3.61. The molecule has 0 radical (unpaired) electrons. The van der Waals surface area contributed by atoms with Crippen LogP contribution in [0.15, 0.2) is 48.5 Å². The normalized spacial score (nSPS) is 10.3. The molecule has 0 aliphatic carbocycles. The van der Waals surface area contributed by atoms with Gasteiger partial charge >= 0.3 is 0 Å². The average Bonchev–Trinajstić information content (AvgIpc) is 2.44. The number of halogens is 1. The Balaban J connectivity index is 2.18. The van der Waals surface area contributed by atoms with Gasteiger partial charge in [0.1, 0.15) is 0 Å². The smallest absolute Gasteiger partial charge is 0.254 e. The highest BCUT2D eigenvalue weighted by molar-refractivity contribution is 6.30. The fraction of sp³-hybridized carbons (Fsp3) is 0.235. The molecular weight excluding hydrogens is 270 g/mol. The third-order valence-electron chi connectivity index (χ3n) is 3.20. The van der Waals surface area contributed by atoms with Gasteiger partial charge < -0.3 is 4.90 Å². The monoisotopic (exact) mass is 287 g/mol. The Kier molecular flexibility index (Phi) is 4.80. The number of benzene rings is 2. The summed E-state index contributed by atoms with van der Waals surface area (Å²) in [4.78, 5) is 14.3. The van der Waals surface area contributed by atoms with E-state index in [2.05, 4.69) is 0 Å². The van der Waals surface area contributed by atoms with E-state index < -0.39 is 0 Å². The summed E-state index contributed by atoms with van der Waals surface area (Å²) in [6.45, 7) is 5.21. The number of nitrogens with zero attached hydrogens (tertiary/aromatic N) is 1. The molecular formula is C17H18ClNO. The van der Waals surface area contributed by atoms with Crippen molar-refractivity contribution >= 4 is 17.5 Å². The summed E-state index contributed by atoms with van der Waals surface area (Å²) in [5.41, 5.74) is 2.86. The molecule has 0 aromatic heterocycles. The number of amides is 1. The average molecular weight is 288 g/mol. The minimum Gasteiger partial charge on any atom is -0.335 e. The lowest BCUT2D eigenvalue weighted by molar-refractivity contribution is 0.0752. The minimum absolute atomic E-state index is 0.0520. The Morgan fingerprint density at radius 3 is 2.55 bits per heavy atom. The lowest BCUT2D eigenvalue weighted by Crippen LogP contribution is -2.30. The van der Waals surface area contributed by atoms with Gasteiger partial charge in [-0.05, 0) is 43.7 Å². The Bertz CT molecular complexity index is 609. The summed E-state index contributed by atoms with van der Waals surface area (Å²) in [6, 6.07) is 15.3. The van der Waals surface area contributed by atoms with E-state index >= 15 is 0 Å². The van der Waals surface area contributed by atoms with Crippen LogP contribution in [0.1, 0.15) is 28.4 Å². The summed E-state index contributed by atoms with van der Waals surface area (Å²) < 4.78 is 0. The molecule has 0 fully saturated rings. The Labute approximate surface area is 125 Å². The Morgan fingerprint density at radius 2 is 1.90 bits per heavy atom. The summed E-state index contributed by atoms with van der Waals surface area (Å²) in [6.07, 6.45) is 0. The number of carbonyl (C=O) groups excluding carboxylic acids is 1. The third-order valence-corrected chi connectivity index (χ3v) is 3.43. The lowest BCUT2D eigenvalue weighted by atomic mass is 10.1. The van der Waals surface area contributed by atoms with Crippen LogP contribution in [0.2, 0.25) is 5.02 Å². The van der Waals surface area contributed by atoms with Crippen molar-refractivity contribution in [2.45, 2.75) is 20.4 Å². The van der Waals surface area contributed by atoms with Gasteiger partial charge in [-0.2, -0.15) is 0 Å². The molecule has 2 aromatic rings. The molecule has 2 aromatic carbocycles. The van der Waals surface area contributed by atoms with Crippen molar-refractivity contribution in [1.82, 2.24) is 4.90 Å². The molecule has 0 saturated heterocycles. The van der Waals surface area contributed by atoms with Gasteiger partial charge in [-0.15, -0.1) is 0 Å². The minimum atomic E-state index is 0.0520. The van der Waals surface area contributed by atoms with Gasteiger partial charge in [0.2, 0.25) is 0 Å². The van der Waals surface area contributed by atoms with Crippen molar-refractivity contribution in [2.24, 2.45) is 0 Å². The first-order chi connectivity index (χ1) is 9.60. The molecule has 0 aliphatic rings. The van der Waals surface area contributed by atoms with Crippen LogP contribution in [-0.4, -0.2) is 17.4 Å². The molecule has 104 valence electrons. The molecule has 20 heavy (non-hydrogen) atoms. The van der Waals surface area contributed by atoms with Crippen molar-refractivity contribution in [2.75, 3.05) is 6.54 Å². The zero-order chi connectivity index (χ0) is 14.5. The zero-order valence-electron chi connectivity index (χ0n) is 11.8. The van der Waals surface area contributed by atoms with E-state index in [0.29, 0.717) is 18.1 Å². The first-order valence-electron chi connectivity index (χ1n) is 6.70. The van der Waals surface area contributed by atoms with Crippen molar-refractivity contribution in [1.29, 1.82) is 0 Å². The van der Waals surface area contributed by atoms with Crippen LogP contribution in [-0.2, 0) is 6.54 Å². The van der Waals surface area contributed by atoms with Crippen molar-refractivity contribution in [3.8, 4) is 0 Å². The lowest BCUT2D eigenvalue weighted by Gasteiger charge is -2.21. The first kappa shape index (κ1) is 14.6. The highest BCUT2D eigenvalue weighted by atomic mass is 35.5. The van der Waals surface area contributed by atoms with Crippen LogP contribution in [0.3, 0.4) is 0 Å². The van der Waals surface area contributed by atoms with Gasteiger partial charge in [0.15, 0.2) is 0 Å². The van der Waals surface area contributed by atoms with E-state index in [1.165, 1.54) is 0 Å². The predicted octanol–water partition coefficient (Wildman–Crippen LogP) is 4.31. The quantitative estimate of drug-likeness (QED) is 0.820. The molecule has 0 spiro atoms. The van der Waals surface area contributed by atoms with Gasteiger partial charge in [-0.25, -0.2) is 0 Å². The standard InChI is InChI=1S/C17H18ClNO/c1-3-19(12-14-7-5-9-16(18)11-14)17(20)15-8-4-6-13(2)10-15/h4-11H,3,12H2,1-2H3. The fourth-order valence-electron chi connectivity index (χ4n) is 2.14. The van der Waals surface area contributed by atoms with Gasteiger partial charge in [-0.3, -0.25) is 4.79 Å². The summed E-state index contributed by atoms with van der Waals surface area (Å²) in [5.74, 6) is 0.0520. The molecule has 0 saturated carbocycles. The molecule has 2 rings (SSSR count). The number of rotatable bonds is 4. The molecule has 0 aliphatic heterocycles. The topological polar surface area (TPSA) is 20.3 Å². The van der Waals surface area contributed by atoms with Crippen LogP contribution in [0.4, 0.5) is 0 Å². The van der Waals surface area contributed by atoms with Gasteiger partial charge in [0, 0.05) is 23.7 Å². The fourth-order valence-corrected chi connectivity index (χ4v) is 2.36. The molecule has 0 atom stereocenters. The van der Waals surface area contributed by atoms with Gasteiger partial charge in [0.05, 0.1) is 0 Å². The van der Waals surface area contributed by atoms with Crippen LogP contribution in [0.5, 0.6) is 0 Å². The highest BCUT2D eigenvalue weighted by Gasteiger charge is 2.14. The van der Waals surface area contributed by atoms with E-state index in [0.717, 1.165) is 16.7 Å². The van der Waals surface area contributed by atoms with E-state index in [-0.39, 0.29) is 5.91 Å². The van der Waals surface area contributed by atoms with Crippen LogP contribution < -0.4 is 0 Å².